The van der Waals surface area contributed by atoms with Crippen LogP contribution >= 0.6 is 0 Å². The van der Waals surface area contributed by atoms with Crippen LogP contribution in [0.15, 0.2) is 0 Å². The van der Waals surface area contributed by atoms with E-state index in [0.29, 0.717) is 0 Å². The van der Waals surface area contributed by atoms with Crippen molar-refractivity contribution in [1.82, 2.24) is 9.78 Å². The third kappa shape index (κ3) is 2.71. The lowest BCUT2D eigenvalue weighted by Crippen LogP contribution is -2.31. The van der Waals surface area contributed by atoms with Crippen LogP contribution in [0.2, 0.25) is 0 Å². The summed E-state index contributed by atoms with van der Waals surface area (Å²) >= 11 is 0. The van der Waals surface area contributed by atoms with Crippen molar-refractivity contribution in [2.45, 2.75) is 52.5 Å². The largest absolute Gasteiger partial charge is 0.396 e. The zero-order valence-corrected chi connectivity index (χ0v) is 12.2. The third-order valence-electron chi connectivity index (χ3n) is 4.25. The van der Waals surface area contributed by atoms with E-state index in [9.17, 15) is 5.11 Å². The fourth-order valence-electron chi connectivity index (χ4n) is 2.90. The lowest BCUT2D eigenvalue weighted by Gasteiger charge is -2.27. The summed E-state index contributed by atoms with van der Waals surface area (Å²) in [6.07, 6.45) is 4.59. The summed E-state index contributed by atoms with van der Waals surface area (Å²) in [5, 5.41) is 17.6. The quantitative estimate of drug-likeness (QED) is 0.764. The van der Waals surface area contributed by atoms with E-state index in [4.69, 9.17) is 5.73 Å². The van der Waals surface area contributed by atoms with Gasteiger partial charge in [-0.2, -0.15) is 5.10 Å². The zero-order valence-electron chi connectivity index (χ0n) is 12.2. The number of nitrogen functional groups attached to an aromatic ring is 1. The normalized spacial score (nSPS) is 18.2. The number of nitrogens with zero attached hydrogens (tertiary/aromatic N) is 2. The topological polar surface area (TPSA) is 76.1 Å². The Balaban J connectivity index is 2.14. The number of aromatic nitrogens is 2. The number of aliphatic hydroxyl groups is 1. The number of aryl methyl sites for hydroxylation is 1. The monoisotopic (exact) mass is 266 g/mol. The Labute approximate surface area is 115 Å². The van der Waals surface area contributed by atoms with E-state index in [1.807, 2.05) is 11.6 Å². The molecule has 1 saturated carbocycles. The van der Waals surface area contributed by atoms with Crippen LogP contribution in [-0.2, 0) is 0 Å². The number of aliphatic hydroxyl groups excluding tert-OH is 1. The molecule has 1 aliphatic carbocycles. The van der Waals surface area contributed by atoms with E-state index >= 15 is 0 Å². The Morgan fingerprint density at radius 3 is 2.58 bits per heavy atom. The Hall–Kier alpha value is -1.23. The smallest absolute Gasteiger partial charge is 0.148 e. The maximum Gasteiger partial charge on any atom is 0.148 e. The summed E-state index contributed by atoms with van der Waals surface area (Å²) in [6.45, 7) is 7.12. The summed E-state index contributed by atoms with van der Waals surface area (Å²) in [7, 11) is 0. The van der Waals surface area contributed by atoms with Gasteiger partial charge in [-0.05, 0) is 33.6 Å². The van der Waals surface area contributed by atoms with Crippen LogP contribution in [0.25, 0.3) is 0 Å². The maximum atomic E-state index is 9.65. The third-order valence-corrected chi connectivity index (χ3v) is 4.25. The molecule has 0 unspecified atom stereocenters. The molecule has 5 heteroatoms. The van der Waals surface area contributed by atoms with Crippen LogP contribution in [0.5, 0.6) is 0 Å². The number of nitrogens with one attached hydrogen (secondary N) is 1. The van der Waals surface area contributed by atoms with Crippen LogP contribution < -0.4 is 11.1 Å². The van der Waals surface area contributed by atoms with Crippen LogP contribution in [-0.4, -0.2) is 28.0 Å². The Kier molecular flexibility index (Phi) is 4.04. The Bertz CT molecular complexity index is 433. The number of nitrogens with two attached hydrogens (primary N) is 1. The van der Waals surface area contributed by atoms with Crippen molar-refractivity contribution in [1.29, 1.82) is 0 Å². The van der Waals surface area contributed by atoms with Gasteiger partial charge in [-0.15, -0.1) is 0 Å². The average Bonchev–Trinajstić information content (AvgIpc) is 2.95. The molecule has 0 atom stereocenters. The van der Waals surface area contributed by atoms with Crippen LogP contribution in [0, 0.1) is 12.3 Å². The molecule has 0 radical (unpaired) electrons. The fraction of sp³-hybridized carbons (Fsp3) is 0.786. The van der Waals surface area contributed by atoms with E-state index in [1.165, 1.54) is 12.8 Å². The first-order valence-corrected chi connectivity index (χ1v) is 7.18. The summed E-state index contributed by atoms with van der Waals surface area (Å²) in [5.41, 5.74) is 7.71. The molecular weight excluding hydrogens is 240 g/mol. The second-order valence-electron chi connectivity index (χ2n) is 6.10. The molecule has 0 spiro atoms. The number of hydrogen-bond donors (Lipinski definition) is 3. The molecule has 0 amide bonds. The van der Waals surface area contributed by atoms with Gasteiger partial charge < -0.3 is 16.2 Å². The highest BCUT2D eigenvalue weighted by Crippen LogP contribution is 2.38. The van der Waals surface area contributed by atoms with Gasteiger partial charge in [0.15, 0.2) is 0 Å². The molecule has 2 rings (SSSR count). The van der Waals surface area contributed by atoms with Gasteiger partial charge in [0.05, 0.1) is 18.0 Å². The molecule has 1 aromatic heterocycles. The van der Waals surface area contributed by atoms with Gasteiger partial charge in [-0.1, -0.05) is 12.8 Å². The number of hydrogen-bond acceptors (Lipinski definition) is 4. The summed E-state index contributed by atoms with van der Waals surface area (Å²) in [4.78, 5) is 0. The van der Waals surface area contributed by atoms with Crippen LogP contribution in [0.3, 0.4) is 0 Å². The fourth-order valence-corrected chi connectivity index (χ4v) is 2.90. The van der Waals surface area contributed by atoms with Crippen molar-refractivity contribution in [2.24, 2.45) is 5.41 Å². The molecule has 1 fully saturated rings. The first-order chi connectivity index (χ1) is 8.99. The van der Waals surface area contributed by atoms with E-state index in [0.717, 1.165) is 36.6 Å². The molecule has 19 heavy (non-hydrogen) atoms. The first kappa shape index (κ1) is 14.2. The average molecular weight is 266 g/mol. The standard InChI is InChI=1S/C14H26N4O/c1-10(2)18-13(12(15)11(3)17-18)16-8-14(9-19)6-4-5-7-14/h10,16,19H,4-9,15H2,1-3H3. The minimum absolute atomic E-state index is 0.0203. The van der Waals surface area contributed by atoms with Gasteiger partial charge in [0, 0.05) is 18.0 Å². The molecule has 1 aromatic rings. The molecule has 108 valence electrons. The van der Waals surface area contributed by atoms with Crippen molar-refractivity contribution in [3.63, 3.8) is 0 Å². The first-order valence-electron chi connectivity index (χ1n) is 7.18. The van der Waals surface area contributed by atoms with Gasteiger partial charge in [-0.3, -0.25) is 0 Å². The molecule has 0 saturated heterocycles. The lowest BCUT2D eigenvalue weighted by atomic mass is 9.87. The van der Waals surface area contributed by atoms with Gasteiger partial charge >= 0.3 is 0 Å². The maximum absolute atomic E-state index is 9.65. The molecule has 0 aliphatic heterocycles. The second-order valence-corrected chi connectivity index (χ2v) is 6.10. The molecule has 1 aliphatic rings. The predicted octanol–water partition coefficient (Wildman–Crippen LogP) is 2.32. The molecule has 5 nitrogen and oxygen atoms in total. The van der Waals surface area contributed by atoms with Gasteiger partial charge in [-0.25, -0.2) is 4.68 Å². The minimum atomic E-state index is 0.0203. The SMILES string of the molecule is Cc1nn(C(C)C)c(NCC2(CO)CCCC2)c1N. The van der Waals surface area contributed by atoms with Gasteiger partial charge in [0.1, 0.15) is 5.82 Å². The number of anilines is 2. The predicted molar refractivity (Wildman–Crippen MR) is 78.2 cm³/mol. The highest BCUT2D eigenvalue weighted by atomic mass is 16.3. The van der Waals surface area contributed by atoms with E-state index < -0.39 is 0 Å². The molecule has 0 bridgehead atoms. The molecular formula is C14H26N4O. The number of rotatable bonds is 5. The van der Waals surface area contributed by atoms with Crippen molar-refractivity contribution < 1.29 is 5.11 Å². The van der Waals surface area contributed by atoms with E-state index in [1.54, 1.807) is 0 Å². The second kappa shape index (κ2) is 5.41. The summed E-state index contributed by atoms with van der Waals surface area (Å²) in [6, 6.07) is 0.271. The highest BCUT2D eigenvalue weighted by molar-refractivity contribution is 5.65. The molecule has 4 N–H and O–H groups in total. The Morgan fingerprint density at radius 1 is 1.42 bits per heavy atom. The zero-order chi connectivity index (χ0) is 14.0. The summed E-state index contributed by atoms with van der Waals surface area (Å²) < 4.78 is 1.94. The Morgan fingerprint density at radius 2 is 2.05 bits per heavy atom. The van der Waals surface area contributed by atoms with Gasteiger partial charge in [0.2, 0.25) is 0 Å². The molecule has 1 heterocycles. The summed E-state index contributed by atoms with van der Waals surface area (Å²) in [5.74, 6) is 0.896. The van der Waals surface area contributed by atoms with Gasteiger partial charge in [0.25, 0.3) is 0 Å². The molecule has 0 aromatic carbocycles. The highest BCUT2D eigenvalue weighted by Gasteiger charge is 2.33. The minimum Gasteiger partial charge on any atom is -0.396 e. The van der Waals surface area contributed by atoms with Crippen molar-refractivity contribution in [2.75, 3.05) is 24.2 Å². The lowest BCUT2D eigenvalue weighted by molar-refractivity contribution is 0.142. The van der Waals surface area contributed by atoms with Crippen molar-refractivity contribution >= 4 is 11.5 Å². The van der Waals surface area contributed by atoms with Crippen molar-refractivity contribution in [3.8, 4) is 0 Å². The van der Waals surface area contributed by atoms with E-state index in [-0.39, 0.29) is 18.1 Å². The van der Waals surface area contributed by atoms with Crippen LogP contribution in [0.1, 0.15) is 51.3 Å². The van der Waals surface area contributed by atoms with E-state index in [2.05, 4.69) is 24.3 Å². The van der Waals surface area contributed by atoms with Crippen LogP contribution in [0.4, 0.5) is 11.5 Å². The van der Waals surface area contributed by atoms with Crippen molar-refractivity contribution in [3.05, 3.63) is 5.69 Å².